The summed E-state index contributed by atoms with van der Waals surface area (Å²) < 4.78 is 53.2. The van der Waals surface area contributed by atoms with E-state index in [0.717, 1.165) is 107 Å². The van der Waals surface area contributed by atoms with E-state index in [1.165, 1.54) is 20.8 Å². The van der Waals surface area contributed by atoms with E-state index in [0.29, 0.717) is 109 Å². The van der Waals surface area contributed by atoms with Crippen LogP contribution in [0.15, 0.2) is 95.9 Å². The van der Waals surface area contributed by atoms with Crippen LogP contribution >= 0.6 is 12.4 Å². The molecule has 0 radical (unpaired) electrons. The number of esters is 5. The Labute approximate surface area is 668 Å². The van der Waals surface area contributed by atoms with Crippen molar-refractivity contribution in [2.24, 2.45) is 11.8 Å². The molecule has 4 fully saturated rings. The molecule has 8 aliphatic carbocycles. The number of benzene rings is 4. The first-order valence-electron chi connectivity index (χ1n) is 40.0. The number of aliphatic hydroxyl groups excluding tert-OH is 4. The number of nitrogens with zero attached hydrogens (tertiary/aromatic N) is 4. The fourth-order valence-corrected chi connectivity index (χ4v) is 23.6. The summed E-state index contributed by atoms with van der Waals surface area (Å²) in [6.07, 6.45) is 11.1. The first-order chi connectivity index (χ1) is 53.8. The maximum Gasteiger partial charge on any atom is 0.352 e. The molecule has 8 bridgehead atoms. The van der Waals surface area contributed by atoms with Gasteiger partial charge in [-0.25, -0.2) is 4.79 Å². The Morgan fingerprint density at radius 2 is 0.640 bits per heavy atom. The van der Waals surface area contributed by atoms with Crippen molar-refractivity contribution in [3.8, 4) is 23.0 Å². The lowest BCUT2D eigenvalue weighted by Gasteiger charge is -2.61. The van der Waals surface area contributed by atoms with Gasteiger partial charge in [0.05, 0.1) is 82.3 Å². The van der Waals surface area contributed by atoms with Crippen molar-refractivity contribution in [1.82, 2.24) is 19.6 Å². The van der Waals surface area contributed by atoms with Gasteiger partial charge in [0, 0.05) is 108 Å². The van der Waals surface area contributed by atoms with E-state index >= 15 is 0 Å². The second-order valence-electron chi connectivity index (χ2n) is 35.0. The maximum absolute atomic E-state index is 12.8. The van der Waals surface area contributed by atoms with E-state index in [9.17, 15) is 64.8 Å². The molecule has 4 aromatic carbocycles. The normalized spacial score (nSPS) is 34.9. The molecule has 0 aromatic heterocycles. The maximum atomic E-state index is 12.8. The number of rotatable bonds is 12. The lowest BCUT2D eigenvalue weighted by atomic mass is 9.50. The van der Waals surface area contributed by atoms with Crippen LogP contribution in [0.1, 0.15) is 167 Å². The summed E-state index contributed by atoms with van der Waals surface area (Å²) in [6, 6.07) is 15.6. The third-order valence-electron chi connectivity index (χ3n) is 29.0. The number of halogens is 1. The molecule has 0 amide bonds. The number of likely N-dealkylation sites (tertiary alicyclic amines) is 4. The highest BCUT2D eigenvalue weighted by Crippen LogP contribution is 2.70. The highest BCUT2D eigenvalue weighted by molar-refractivity contribution is 5.85. The van der Waals surface area contributed by atoms with E-state index < -0.39 is 86.5 Å². The number of carbonyl (C=O) groups is 5. The second kappa shape index (κ2) is 28.2. The van der Waals surface area contributed by atoms with Gasteiger partial charge in [0.15, 0.2) is 30.5 Å². The smallest absolute Gasteiger partial charge is 0.352 e. The lowest BCUT2D eigenvalue weighted by molar-refractivity contribution is -0.176. The minimum Gasteiger partial charge on any atom is -0.481 e. The Balaban J connectivity index is 0.000000115. The van der Waals surface area contributed by atoms with Gasteiger partial charge < -0.3 is 103 Å². The van der Waals surface area contributed by atoms with E-state index in [-0.39, 0.29) is 92.7 Å². The summed E-state index contributed by atoms with van der Waals surface area (Å²) in [4.78, 5) is 69.2. The molecular weight excluding hydrogens is 1490 g/mol. The second-order valence-corrected chi connectivity index (χ2v) is 35.0. The van der Waals surface area contributed by atoms with Crippen molar-refractivity contribution in [2.45, 2.75) is 251 Å². The predicted molar refractivity (Wildman–Crippen MR) is 412 cm³/mol. The van der Waals surface area contributed by atoms with Crippen molar-refractivity contribution in [2.75, 3.05) is 54.4 Å². The summed E-state index contributed by atoms with van der Waals surface area (Å²) in [6.45, 7) is 14.0. The van der Waals surface area contributed by atoms with E-state index in [1.54, 1.807) is 33.8 Å². The number of carbonyl (C=O) groups excluding carboxylic acids is 5. The summed E-state index contributed by atoms with van der Waals surface area (Å²) in [5.74, 6) is 1.54. The van der Waals surface area contributed by atoms with Crippen molar-refractivity contribution >= 4 is 42.3 Å². The first kappa shape index (κ1) is 80.0. The van der Waals surface area contributed by atoms with E-state index in [2.05, 4.69) is 46.8 Å². The highest BCUT2D eigenvalue weighted by atomic mass is 35.5. The zero-order valence-electron chi connectivity index (χ0n) is 66.4. The Hall–Kier alpha value is -7.80. The van der Waals surface area contributed by atoms with Gasteiger partial charge in [0.1, 0.15) is 46.0 Å². The summed E-state index contributed by atoms with van der Waals surface area (Å²) in [5, 5.41) is 87.5. The average Bonchev–Trinajstić information content (AvgIpc) is 1.47. The molecule has 8 aliphatic heterocycles. The monoisotopic (exact) mass is 1590 g/mol. The Bertz CT molecular complexity index is 4690. The van der Waals surface area contributed by atoms with Crippen LogP contribution in [0.3, 0.4) is 0 Å². The van der Waals surface area contributed by atoms with Crippen LogP contribution in [0.2, 0.25) is 0 Å². The largest absolute Gasteiger partial charge is 0.481 e. The molecule has 8 heterocycles. The molecule has 26 nitrogen and oxygen atoms in total. The predicted octanol–water partition coefficient (Wildman–Crippen LogP) is 5.70. The topological polar surface area (TPSA) is 343 Å². The van der Waals surface area contributed by atoms with Crippen LogP contribution in [-0.2, 0) is 121 Å². The molecule has 4 spiro atoms. The number of hydrogen-bond donors (Lipinski definition) is 8. The van der Waals surface area contributed by atoms with Crippen molar-refractivity contribution < 1.29 is 107 Å². The average molecular weight is 1590 g/mol. The summed E-state index contributed by atoms with van der Waals surface area (Å²) in [7, 11) is 8.20. The van der Waals surface area contributed by atoms with Crippen molar-refractivity contribution in [1.29, 1.82) is 0 Å². The van der Waals surface area contributed by atoms with Gasteiger partial charge in [-0.1, -0.05) is 76.2 Å². The third-order valence-corrected chi connectivity index (χ3v) is 29.0. The number of likely N-dealkylation sites (N-methyl/N-ethyl adjacent to an activating group) is 4. The van der Waals surface area contributed by atoms with Crippen LogP contribution in [-0.4, -0.2) is 222 Å². The summed E-state index contributed by atoms with van der Waals surface area (Å²) in [5.41, 5.74) is 4.58. The SMILES string of the molecule is CC(=O)OC1=CC[C@@]2(O)[C@H]3Cc4ccc(CO)c5c4[C@@]2(CCN3C)[C@H]1O5.CC(=O)OC1=CC[C@@]2(O)[C@H]3Cc4ccc(CO)c5c4[C@@]2(CCN3C)[C@H]1O5.CC(C)C(=O)OC1=CC[C@@]2(O)[C@H]3Cc4ccc(CO)c5c4[C@@]2(CCN3C)[C@H]1O5.CC(C)C(=O)O[C@@H](C)C(=O)OC1=CC[C@@]2(O)[C@H]3Cc4ccc(CO)c5c4[C@@]2(CCN3C)[C@H]1O5.Cl. The molecule has 8 N–H and O–H groups in total. The van der Waals surface area contributed by atoms with Gasteiger partial charge >= 0.3 is 29.8 Å². The van der Waals surface area contributed by atoms with E-state index in [1.807, 2.05) is 67.7 Å². The zero-order chi connectivity index (χ0) is 80.1. The number of ether oxygens (including phenoxy) is 9. The fraction of sp³-hybridized carbons (Fsp3) is 0.575. The molecule has 612 valence electrons. The molecule has 4 aromatic rings. The molecule has 17 atom stereocenters. The van der Waals surface area contributed by atoms with Crippen molar-refractivity contribution in [3.05, 3.63) is 163 Å². The molecule has 27 heteroatoms. The molecule has 16 aliphatic rings. The zero-order valence-corrected chi connectivity index (χ0v) is 67.2. The Morgan fingerprint density at radius 1 is 0.395 bits per heavy atom. The minimum atomic E-state index is -1.09. The van der Waals surface area contributed by atoms with Gasteiger partial charge in [0.2, 0.25) is 0 Å². The molecular formula is C87H105ClN4O22. The summed E-state index contributed by atoms with van der Waals surface area (Å²) >= 11 is 0. The van der Waals surface area contributed by atoms with Gasteiger partial charge in [-0.05, 0) is 159 Å². The van der Waals surface area contributed by atoms with Crippen molar-refractivity contribution in [3.63, 3.8) is 0 Å². The van der Waals surface area contributed by atoms with Gasteiger partial charge in [-0.15, -0.1) is 12.4 Å². The number of piperidine rings is 4. The minimum absolute atomic E-state index is 0. The van der Waals surface area contributed by atoms with Gasteiger partial charge in [-0.3, -0.25) is 19.2 Å². The number of hydrogen-bond acceptors (Lipinski definition) is 26. The molecule has 0 unspecified atom stereocenters. The quantitative estimate of drug-likeness (QED) is 0.0622. The first-order valence-corrected chi connectivity index (χ1v) is 40.0. The standard InChI is InChI=1S/C25H31NO7.C22H27NO5.2C20H23NO5.ClH/c1-13(2)22(28)31-14(3)23(29)32-17-7-8-25(30)18-11-15-5-6-16(12-27)20-19(15)24(25,21(17)33-20)9-10-26(18)4;1-12(2)20(25)27-15-6-7-22(26)16-10-13-4-5-14(11-24)18-17(13)21(22,19(15)28-18)8-9-23(16)3;2*1-11(23)25-14-5-6-20(24)15-9-12-3-4-13(10-22)17-16(12)19(20,18(14)26-17)7-8-21(15)2;/h5-7,13-14,18,21,27,30H,8-12H2,1-4H3;4-6,12,16,19,24,26H,7-11H2,1-3H3;2*3-5,15,18,22,24H,6-10H2,1-2H3;1H/t14-,18+,21-,24-,25+;16-,19+,21+,22-;2*15-,18+,19+,20-;/m0111./s1. The van der Waals surface area contributed by atoms with Crippen LogP contribution in [0.4, 0.5) is 0 Å². The van der Waals surface area contributed by atoms with Crippen LogP contribution in [0.25, 0.3) is 0 Å². The molecule has 20 rings (SSSR count). The van der Waals surface area contributed by atoms with Crippen LogP contribution < -0.4 is 18.9 Å². The van der Waals surface area contributed by atoms with E-state index in [4.69, 9.17) is 42.6 Å². The Kier molecular flexibility index (Phi) is 19.8. The lowest BCUT2D eigenvalue weighted by Crippen LogP contribution is -2.74. The highest BCUT2D eigenvalue weighted by Gasteiger charge is 2.77. The Morgan fingerprint density at radius 3 is 0.877 bits per heavy atom. The third kappa shape index (κ3) is 10.8. The molecule has 114 heavy (non-hydrogen) atoms. The fourth-order valence-electron chi connectivity index (χ4n) is 23.6. The molecule has 4 saturated heterocycles. The van der Waals surface area contributed by atoms with Gasteiger partial charge in [-0.2, -0.15) is 0 Å². The van der Waals surface area contributed by atoms with Crippen LogP contribution in [0.5, 0.6) is 23.0 Å². The number of aliphatic hydroxyl groups is 8. The van der Waals surface area contributed by atoms with Gasteiger partial charge in [0.25, 0.3) is 0 Å². The molecule has 0 saturated carbocycles. The van der Waals surface area contributed by atoms with Crippen LogP contribution in [0, 0.1) is 11.8 Å².